The zero-order valence-electron chi connectivity index (χ0n) is 12.0. The van der Waals surface area contributed by atoms with E-state index in [9.17, 15) is 4.79 Å². The van der Waals surface area contributed by atoms with Gasteiger partial charge >= 0.3 is 5.97 Å². The van der Waals surface area contributed by atoms with Gasteiger partial charge < -0.3 is 20.9 Å². The van der Waals surface area contributed by atoms with E-state index in [-0.39, 0.29) is 39.3 Å². The zero-order chi connectivity index (χ0) is 14.3. The van der Waals surface area contributed by atoms with Gasteiger partial charge in [-0.05, 0) is 13.8 Å². The third kappa shape index (κ3) is 4.76. The largest absolute Gasteiger partial charge is 0.465 e. The summed E-state index contributed by atoms with van der Waals surface area (Å²) in [5, 5.41) is 3.54. The van der Waals surface area contributed by atoms with Crippen molar-refractivity contribution in [3.05, 3.63) is 29.4 Å². The Morgan fingerprint density at radius 1 is 1.50 bits per heavy atom. The summed E-state index contributed by atoms with van der Waals surface area (Å²) in [6.45, 7) is 5.30. The molecule has 0 unspecified atom stereocenters. The monoisotopic (exact) mass is 351 g/mol. The van der Waals surface area contributed by atoms with Gasteiger partial charge in [-0.25, -0.2) is 14.8 Å². The van der Waals surface area contributed by atoms with Crippen LogP contribution in [-0.2, 0) is 53.7 Å². The summed E-state index contributed by atoms with van der Waals surface area (Å²) in [5.74, 6) is -0.438. The van der Waals surface area contributed by atoms with E-state index in [1.165, 1.54) is 13.4 Å². The van der Waals surface area contributed by atoms with Crippen molar-refractivity contribution in [3.8, 4) is 0 Å². The number of ether oxygens (including phenoxy) is 1. The maximum Gasteiger partial charge on any atom is 0.338 e. The van der Waals surface area contributed by atoms with Gasteiger partial charge in [-0.2, -0.15) is 6.92 Å². The fourth-order valence-electron chi connectivity index (χ4n) is 1.62. The van der Waals surface area contributed by atoms with Crippen LogP contribution in [0.4, 0.5) is 0 Å². The molecule has 0 saturated heterocycles. The summed E-state index contributed by atoms with van der Waals surface area (Å²) in [7, 11) is 1.33. The first kappa shape index (κ1) is 18.9. The van der Waals surface area contributed by atoms with Gasteiger partial charge in [-0.1, -0.05) is 6.08 Å². The molecule has 6 nitrogen and oxygen atoms in total. The molecule has 1 rings (SSSR count). The van der Waals surface area contributed by atoms with E-state index < -0.39 is 5.97 Å². The first-order chi connectivity index (χ1) is 9.15. The molecular formula is C13H16N3O3Y-. The number of rotatable bonds is 5. The van der Waals surface area contributed by atoms with Crippen LogP contribution in [0, 0.1) is 6.92 Å². The van der Waals surface area contributed by atoms with Crippen molar-refractivity contribution in [1.82, 2.24) is 9.97 Å². The van der Waals surface area contributed by atoms with Crippen LogP contribution >= 0.6 is 0 Å². The SMILES string of the molecule is C[C-]=NOCc1ncnc(C)c1/C(=C\C)C(=O)OC.[Y]. The summed E-state index contributed by atoms with van der Waals surface area (Å²) in [5.41, 5.74) is 2.27. The van der Waals surface area contributed by atoms with Crippen LogP contribution in [0.1, 0.15) is 30.8 Å². The minimum Gasteiger partial charge on any atom is -0.465 e. The molecule has 1 aromatic rings. The normalized spacial score (nSPS) is 11.1. The van der Waals surface area contributed by atoms with Gasteiger partial charge in [0.2, 0.25) is 0 Å². The van der Waals surface area contributed by atoms with Gasteiger partial charge in [-0.15, -0.1) is 0 Å². The fourth-order valence-corrected chi connectivity index (χ4v) is 1.62. The molecule has 0 atom stereocenters. The minimum absolute atomic E-state index is 0. The topological polar surface area (TPSA) is 73.7 Å². The summed E-state index contributed by atoms with van der Waals surface area (Å²) < 4.78 is 4.75. The van der Waals surface area contributed by atoms with Crippen molar-refractivity contribution in [2.24, 2.45) is 5.16 Å². The van der Waals surface area contributed by atoms with E-state index in [4.69, 9.17) is 9.57 Å². The summed E-state index contributed by atoms with van der Waals surface area (Å²) >= 11 is 0. The van der Waals surface area contributed by atoms with Crippen LogP contribution in [0.15, 0.2) is 17.6 Å². The summed E-state index contributed by atoms with van der Waals surface area (Å²) in [6, 6.07) is 0. The molecule has 0 amide bonds. The fraction of sp³-hybridized carbons (Fsp3) is 0.385. The Morgan fingerprint density at radius 3 is 2.75 bits per heavy atom. The molecule has 0 spiro atoms. The van der Waals surface area contributed by atoms with Crippen molar-refractivity contribution in [3.63, 3.8) is 0 Å². The molecular weight excluding hydrogens is 335 g/mol. The Kier molecular flexibility index (Phi) is 9.17. The number of aryl methyl sites for hydroxylation is 1. The molecule has 0 aliphatic heterocycles. The van der Waals surface area contributed by atoms with E-state index >= 15 is 0 Å². The molecule has 0 bridgehead atoms. The maximum atomic E-state index is 11.8. The number of hydrogen-bond donors (Lipinski definition) is 0. The average Bonchev–Trinajstić information content (AvgIpc) is 2.42. The number of allylic oxidation sites excluding steroid dienone is 1. The quantitative estimate of drug-likeness (QED) is 0.266. The number of methoxy groups -OCH3 is 1. The van der Waals surface area contributed by atoms with Gasteiger partial charge in [0.15, 0.2) is 6.61 Å². The molecule has 0 saturated carbocycles. The molecule has 0 fully saturated rings. The molecule has 7 heteroatoms. The van der Waals surface area contributed by atoms with Crippen LogP contribution in [0.3, 0.4) is 0 Å². The maximum absolute atomic E-state index is 11.8. The van der Waals surface area contributed by atoms with Crippen LogP contribution in [-0.4, -0.2) is 29.3 Å². The number of aromatic nitrogens is 2. The second-order valence-corrected chi connectivity index (χ2v) is 3.56. The second-order valence-electron chi connectivity index (χ2n) is 3.56. The predicted molar refractivity (Wildman–Crippen MR) is 70.3 cm³/mol. The second kappa shape index (κ2) is 9.72. The Balaban J connectivity index is 0.00000361. The average molecular weight is 351 g/mol. The molecule has 0 aliphatic carbocycles. The third-order valence-corrected chi connectivity index (χ3v) is 2.44. The van der Waals surface area contributed by atoms with E-state index in [1.807, 2.05) is 0 Å². The predicted octanol–water partition coefficient (Wildman–Crippen LogP) is 1.76. The van der Waals surface area contributed by atoms with Crippen molar-refractivity contribution >= 4 is 17.8 Å². The van der Waals surface area contributed by atoms with Gasteiger partial charge in [-0.3, -0.25) is 0 Å². The van der Waals surface area contributed by atoms with Gasteiger partial charge in [0.05, 0.1) is 18.4 Å². The van der Waals surface area contributed by atoms with Gasteiger partial charge in [0, 0.05) is 44.0 Å². The minimum atomic E-state index is -0.438. The van der Waals surface area contributed by atoms with Crippen molar-refractivity contribution < 1.29 is 47.1 Å². The van der Waals surface area contributed by atoms with Crippen molar-refractivity contribution in [2.75, 3.05) is 7.11 Å². The third-order valence-electron chi connectivity index (χ3n) is 2.44. The van der Waals surface area contributed by atoms with E-state index in [0.29, 0.717) is 22.5 Å². The standard InChI is InChI=1S/C13H16N3O3.Y/c1-5-10(13(17)18-4)12-9(3)14-8-15-11(12)7-19-16-6-2;/h5,8H,7H2,1-4H3;/q-1;/b10-5+;. The summed E-state index contributed by atoms with van der Waals surface area (Å²) in [4.78, 5) is 25.0. The summed E-state index contributed by atoms with van der Waals surface area (Å²) in [6.07, 6.45) is 5.58. The Bertz CT molecular complexity index is 516. The van der Waals surface area contributed by atoms with Crippen LogP contribution in [0.25, 0.3) is 5.57 Å². The number of esters is 1. The van der Waals surface area contributed by atoms with E-state index in [2.05, 4.69) is 21.3 Å². The van der Waals surface area contributed by atoms with Gasteiger partial charge in [0.1, 0.15) is 6.33 Å². The molecule has 105 valence electrons. The zero-order valence-corrected chi connectivity index (χ0v) is 14.8. The molecule has 1 radical (unpaired) electrons. The molecule has 1 heterocycles. The van der Waals surface area contributed by atoms with Crippen molar-refractivity contribution in [2.45, 2.75) is 27.4 Å². The van der Waals surface area contributed by atoms with Crippen molar-refractivity contribution in [1.29, 1.82) is 0 Å². The number of hydrogen-bond acceptors (Lipinski definition) is 6. The molecule has 0 aliphatic rings. The first-order valence-electron chi connectivity index (χ1n) is 5.69. The molecule has 1 aromatic heterocycles. The molecule has 20 heavy (non-hydrogen) atoms. The van der Waals surface area contributed by atoms with Crippen LogP contribution in [0.5, 0.6) is 0 Å². The van der Waals surface area contributed by atoms with E-state index in [0.717, 1.165) is 0 Å². The number of carbonyl (C=O) groups excluding carboxylic acids is 1. The van der Waals surface area contributed by atoms with E-state index in [1.54, 1.807) is 26.8 Å². The molecule has 0 N–H and O–H groups in total. The first-order valence-corrected chi connectivity index (χ1v) is 5.69. The number of carbonyl (C=O) groups is 1. The smallest absolute Gasteiger partial charge is 0.338 e. The Hall–Kier alpha value is -1.14. The molecule has 0 aromatic carbocycles. The van der Waals surface area contributed by atoms with Crippen LogP contribution < -0.4 is 0 Å². The Labute approximate surface area is 143 Å². The number of nitrogens with zero attached hydrogens (tertiary/aromatic N) is 3. The van der Waals surface area contributed by atoms with Gasteiger partial charge in [0.25, 0.3) is 0 Å². The van der Waals surface area contributed by atoms with Crippen LogP contribution in [0.2, 0.25) is 0 Å². The Morgan fingerprint density at radius 2 is 2.20 bits per heavy atom.